The molecule has 1 aliphatic rings. The van der Waals surface area contributed by atoms with Crippen LogP contribution in [0.15, 0.2) is 24.3 Å². The van der Waals surface area contributed by atoms with Gasteiger partial charge >= 0.3 is 0 Å². The monoisotopic (exact) mass is 146 g/mol. The van der Waals surface area contributed by atoms with Crippen LogP contribution in [0.4, 0.5) is 5.69 Å². The van der Waals surface area contributed by atoms with Gasteiger partial charge in [-0.2, -0.15) is 0 Å². The van der Waals surface area contributed by atoms with E-state index in [-0.39, 0.29) is 0 Å². The lowest BCUT2D eigenvalue weighted by Crippen LogP contribution is -1.91. The number of rotatable bonds is 1. The molecule has 0 saturated heterocycles. The van der Waals surface area contributed by atoms with Crippen molar-refractivity contribution in [3.63, 3.8) is 0 Å². The number of benzene rings is 1. The van der Waals surface area contributed by atoms with Crippen molar-refractivity contribution in [2.45, 2.75) is 19.3 Å². The summed E-state index contributed by atoms with van der Waals surface area (Å²) >= 11 is 0. The number of nitrogens with one attached hydrogen (secondary N) is 1. The minimum Gasteiger partial charge on any atom is -0.379 e. The SMILES string of the molecule is CCC1[CH]Nc2ccccc21. The highest BCUT2D eigenvalue weighted by Gasteiger charge is 2.19. The summed E-state index contributed by atoms with van der Waals surface area (Å²) in [5.74, 6) is 0.617. The zero-order chi connectivity index (χ0) is 7.68. The summed E-state index contributed by atoms with van der Waals surface area (Å²) in [5.41, 5.74) is 2.72. The molecule has 57 valence electrons. The predicted molar refractivity (Wildman–Crippen MR) is 47.4 cm³/mol. The van der Waals surface area contributed by atoms with E-state index in [0.29, 0.717) is 5.92 Å². The van der Waals surface area contributed by atoms with Crippen LogP contribution in [-0.2, 0) is 0 Å². The lowest BCUT2D eigenvalue weighted by molar-refractivity contribution is 0.786. The molecule has 1 aromatic rings. The van der Waals surface area contributed by atoms with E-state index < -0.39 is 0 Å². The van der Waals surface area contributed by atoms with Crippen LogP contribution in [0.5, 0.6) is 0 Å². The molecule has 1 N–H and O–H groups in total. The zero-order valence-electron chi connectivity index (χ0n) is 6.67. The van der Waals surface area contributed by atoms with Gasteiger partial charge in [-0.3, -0.25) is 0 Å². The van der Waals surface area contributed by atoms with Crippen molar-refractivity contribution in [2.24, 2.45) is 0 Å². The molecule has 0 fully saturated rings. The second-order valence-corrected chi connectivity index (χ2v) is 2.91. The van der Waals surface area contributed by atoms with Gasteiger partial charge in [0.15, 0.2) is 0 Å². The van der Waals surface area contributed by atoms with Crippen molar-refractivity contribution in [1.82, 2.24) is 0 Å². The van der Waals surface area contributed by atoms with Gasteiger partial charge in [0, 0.05) is 11.6 Å². The Labute approximate surface area is 67.4 Å². The van der Waals surface area contributed by atoms with E-state index in [0.717, 1.165) is 0 Å². The maximum atomic E-state index is 3.28. The first-order valence-corrected chi connectivity index (χ1v) is 4.10. The van der Waals surface area contributed by atoms with Crippen LogP contribution in [0.25, 0.3) is 0 Å². The number of para-hydroxylation sites is 1. The van der Waals surface area contributed by atoms with Gasteiger partial charge in [-0.25, -0.2) is 0 Å². The molecule has 11 heavy (non-hydrogen) atoms. The molecule has 1 heterocycles. The quantitative estimate of drug-likeness (QED) is 0.642. The maximum absolute atomic E-state index is 3.28. The molecule has 2 rings (SSSR count). The second kappa shape index (κ2) is 2.57. The fourth-order valence-electron chi connectivity index (χ4n) is 1.57. The highest BCUT2D eigenvalue weighted by atomic mass is 14.9. The molecule has 1 aliphatic heterocycles. The number of hydrogen-bond acceptors (Lipinski definition) is 1. The molecule has 1 radical (unpaired) electrons. The van der Waals surface area contributed by atoms with Crippen LogP contribution < -0.4 is 5.32 Å². The van der Waals surface area contributed by atoms with Crippen LogP contribution in [0.1, 0.15) is 24.8 Å². The summed E-state index contributed by atoms with van der Waals surface area (Å²) in [4.78, 5) is 0. The van der Waals surface area contributed by atoms with Gasteiger partial charge in [-0.1, -0.05) is 25.1 Å². The molecule has 0 bridgehead atoms. The van der Waals surface area contributed by atoms with E-state index >= 15 is 0 Å². The van der Waals surface area contributed by atoms with Crippen molar-refractivity contribution < 1.29 is 0 Å². The van der Waals surface area contributed by atoms with E-state index in [2.05, 4.69) is 43.1 Å². The largest absolute Gasteiger partial charge is 0.379 e. The summed E-state index contributed by atoms with van der Waals surface area (Å²) in [6, 6.07) is 8.49. The van der Waals surface area contributed by atoms with E-state index in [4.69, 9.17) is 0 Å². The molecular weight excluding hydrogens is 134 g/mol. The van der Waals surface area contributed by atoms with Gasteiger partial charge in [-0.05, 0) is 18.1 Å². The first kappa shape index (κ1) is 6.71. The Morgan fingerprint density at radius 2 is 2.18 bits per heavy atom. The van der Waals surface area contributed by atoms with Crippen molar-refractivity contribution >= 4 is 5.69 Å². The third-order valence-corrected chi connectivity index (χ3v) is 2.24. The van der Waals surface area contributed by atoms with Gasteiger partial charge in [0.1, 0.15) is 0 Å². The van der Waals surface area contributed by atoms with Crippen molar-refractivity contribution in [3.8, 4) is 0 Å². The summed E-state index contributed by atoms with van der Waals surface area (Å²) in [6.07, 6.45) is 1.18. The first-order chi connectivity index (χ1) is 5.42. The second-order valence-electron chi connectivity index (χ2n) is 2.91. The Kier molecular flexibility index (Phi) is 1.57. The molecule has 1 heteroatoms. The Morgan fingerprint density at radius 3 is 3.00 bits per heavy atom. The Hall–Kier alpha value is -0.980. The Balaban J connectivity index is 2.39. The third-order valence-electron chi connectivity index (χ3n) is 2.24. The number of anilines is 1. The molecule has 1 atom stereocenters. The molecule has 1 nitrogen and oxygen atoms in total. The zero-order valence-corrected chi connectivity index (χ0v) is 6.67. The minimum absolute atomic E-state index is 0.617. The minimum atomic E-state index is 0.617. The normalized spacial score (nSPS) is 21.0. The maximum Gasteiger partial charge on any atom is 0.0537 e. The first-order valence-electron chi connectivity index (χ1n) is 4.10. The number of fused-ring (bicyclic) bond motifs is 1. The van der Waals surface area contributed by atoms with Gasteiger partial charge in [-0.15, -0.1) is 0 Å². The summed E-state index contributed by atoms with van der Waals surface area (Å²) < 4.78 is 0. The van der Waals surface area contributed by atoms with Crippen molar-refractivity contribution in [3.05, 3.63) is 36.4 Å². The lowest BCUT2D eigenvalue weighted by Gasteiger charge is -2.03. The highest BCUT2D eigenvalue weighted by Crippen LogP contribution is 2.35. The lowest BCUT2D eigenvalue weighted by atomic mass is 9.99. The fraction of sp³-hybridized carbons (Fsp3) is 0.300. The molecule has 0 spiro atoms. The topological polar surface area (TPSA) is 12.0 Å². The predicted octanol–water partition coefficient (Wildman–Crippen LogP) is 2.77. The van der Waals surface area contributed by atoms with Crippen LogP contribution in [0.3, 0.4) is 0 Å². The van der Waals surface area contributed by atoms with Gasteiger partial charge < -0.3 is 5.32 Å². The average molecular weight is 146 g/mol. The van der Waals surface area contributed by atoms with E-state index in [9.17, 15) is 0 Å². The molecule has 1 aromatic carbocycles. The molecule has 0 aliphatic carbocycles. The molecule has 0 aromatic heterocycles. The summed E-state index contributed by atoms with van der Waals surface area (Å²) in [6.45, 7) is 4.38. The Bertz CT molecular complexity index is 255. The third kappa shape index (κ3) is 1.01. The van der Waals surface area contributed by atoms with Crippen LogP contribution in [0, 0.1) is 6.54 Å². The average Bonchev–Trinajstić information content (AvgIpc) is 2.47. The van der Waals surface area contributed by atoms with E-state index in [1.54, 1.807) is 0 Å². The fourth-order valence-corrected chi connectivity index (χ4v) is 1.57. The smallest absolute Gasteiger partial charge is 0.0537 e. The van der Waals surface area contributed by atoms with Crippen LogP contribution in [0.2, 0.25) is 0 Å². The van der Waals surface area contributed by atoms with Crippen molar-refractivity contribution in [2.75, 3.05) is 5.32 Å². The number of hydrogen-bond donors (Lipinski definition) is 1. The van der Waals surface area contributed by atoms with Crippen LogP contribution >= 0.6 is 0 Å². The molecule has 1 unspecified atom stereocenters. The molecule has 0 amide bonds. The molecule has 0 saturated carbocycles. The van der Waals surface area contributed by atoms with Crippen LogP contribution in [-0.4, -0.2) is 0 Å². The Morgan fingerprint density at radius 1 is 1.36 bits per heavy atom. The van der Waals surface area contributed by atoms with E-state index in [1.807, 2.05) is 0 Å². The molecular formula is C10H12N. The summed E-state index contributed by atoms with van der Waals surface area (Å²) in [5, 5.41) is 3.28. The summed E-state index contributed by atoms with van der Waals surface area (Å²) in [7, 11) is 0. The van der Waals surface area contributed by atoms with Crippen molar-refractivity contribution in [1.29, 1.82) is 0 Å². The highest BCUT2D eigenvalue weighted by molar-refractivity contribution is 5.59. The van der Waals surface area contributed by atoms with Gasteiger partial charge in [0.05, 0.1) is 6.54 Å². The standard InChI is InChI=1S/C10H12N/c1-2-8-7-11-10-6-4-3-5-9(8)10/h3-8,11H,2H2,1H3. The van der Waals surface area contributed by atoms with E-state index in [1.165, 1.54) is 17.7 Å². The van der Waals surface area contributed by atoms with Gasteiger partial charge in [0.25, 0.3) is 0 Å². The van der Waals surface area contributed by atoms with Gasteiger partial charge in [0.2, 0.25) is 0 Å².